The lowest BCUT2D eigenvalue weighted by Gasteiger charge is -2.35. The summed E-state index contributed by atoms with van der Waals surface area (Å²) in [4.78, 5) is 32.1. The molecular formula is C33H44N2O5. The number of rotatable bonds is 11. The third-order valence-corrected chi connectivity index (χ3v) is 9.40. The Kier molecular flexibility index (Phi) is 8.97. The Morgan fingerprint density at radius 1 is 1.07 bits per heavy atom. The molecule has 0 bridgehead atoms. The zero-order valence-electron chi connectivity index (χ0n) is 24.2. The molecule has 0 spiro atoms. The van der Waals surface area contributed by atoms with Gasteiger partial charge in [-0.25, -0.2) is 4.98 Å². The van der Waals surface area contributed by atoms with E-state index in [1.807, 2.05) is 30.3 Å². The van der Waals surface area contributed by atoms with Crippen LogP contribution >= 0.6 is 0 Å². The first kappa shape index (κ1) is 28.4. The van der Waals surface area contributed by atoms with Gasteiger partial charge in [-0.1, -0.05) is 26.7 Å². The largest absolute Gasteiger partial charge is 0.497 e. The summed E-state index contributed by atoms with van der Waals surface area (Å²) >= 11 is 0. The van der Waals surface area contributed by atoms with Gasteiger partial charge in [0, 0.05) is 42.9 Å². The second-order valence-electron chi connectivity index (χ2n) is 12.4. The van der Waals surface area contributed by atoms with Crippen molar-refractivity contribution in [2.75, 3.05) is 31.7 Å². The standard InChI is InChI=1S/C33H44N2O5/c1-21-5-4-6-26(17-21)32(36)28-10-9-27(39-3)19-29(28)35-15-12-23(13-16-35)20-40-30-18-25(11-14-34-30)31(24-7-8-24)22(2)33(37)38/h9-11,14,18-19,21-24,26,31H,4-8,12-13,15-17,20H2,1-3H3,(H,37,38)/t21?,22-,26?,31-/m0/s1. The second kappa shape index (κ2) is 12.6. The molecule has 3 fully saturated rings. The minimum absolute atomic E-state index is 0.00248. The Balaban J connectivity index is 1.21. The van der Waals surface area contributed by atoms with Gasteiger partial charge in [-0.3, -0.25) is 9.59 Å². The highest BCUT2D eigenvalue weighted by atomic mass is 16.5. The molecule has 2 saturated carbocycles. The van der Waals surface area contributed by atoms with E-state index in [1.54, 1.807) is 20.2 Å². The predicted molar refractivity (Wildman–Crippen MR) is 155 cm³/mol. The number of hydrogen-bond donors (Lipinski definition) is 1. The lowest BCUT2D eigenvalue weighted by atomic mass is 9.78. The zero-order chi connectivity index (χ0) is 28.2. The molecular weight excluding hydrogens is 504 g/mol. The van der Waals surface area contributed by atoms with E-state index in [0.29, 0.717) is 30.2 Å². The number of aliphatic carboxylic acids is 1. The summed E-state index contributed by atoms with van der Waals surface area (Å²) in [6, 6.07) is 9.78. The first-order valence-corrected chi connectivity index (χ1v) is 15.1. The van der Waals surface area contributed by atoms with Crippen LogP contribution in [0.2, 0.25) is 0 Å². The van der Waals surface area contributed by atoms with Crippen molar-refractivity contribution in [3.63, 3.8) is 0 Å². The van der Waals surface area contributed by atoms with Gasteiger partial charge in [0.15, 0.2) is 5.78 Å². The Morgan fingerprint density at radius 3 is 2.52 bits per heavy atom. The summed E-state index contributed by atoms with van der Waals surface area (Å²) in [5.74, 6) is 2.00. The third kappa shape index (κ3) is 6.61. The summed E-state index contributed by atoms with van der Waals surface area (Å²) in [6.45, 7) is 6.36. The molecule has 3 aliphatic rings. The molecule has 1 N–H and O–H groups in total. The number of pyridine rings is 1. The highest BCUT2D eigenvalue weighted by molar-refractivity contribution is 6.03. The first-order chi connectivity index (χ1) is 19.3. The van der Waals surface area contributed by atoms with Gasteiger partial charge < -0.3 is 19.5 Å². The number of piperidine rings is 1. The Labute approximate surface area is 238 Å². The molecule has 1 aromatic carbocycles. The average molecular weight is 549 g/mol. The summed E-state index contributed by atoms with van der Waals surface area (Å²) in [6.07, 6.45) is 10.2. The molecule has 7 heteroatoms. The third-order valence-electron chi connectivity index (χ3n) is 9.40. The minimum Gasteiger partial charge on any atom is -0.497 e. The fraction of sp³-hybridized carbons (Fsp3) is 0.606. The number of benzene rings is 1. The molecule has 0 radical (unpaired) electrons. The molecule has 1 saturated heterocycles. The molecule has 0 amide bonds. The molecule has 40 heavy (non-hydrogen) atoms. The second-order valence-corrected chi connectivity index (χ2v) is 12.4. The van der Waals surface area contributed by atoms with Crippen LogP contribution < -0.4 is 14.4 Å². The maximum absolute atomic E-state index is 13.6. The quantitative estimate of drug-likeness (QED) is 0.316. The molecule has 216 valence electrons. The fourth-order valence-corrected chi connectivity index (χ4v) is 6.83. The molecule has 7 nitrogen and oxygen atoms in total. The number of Topliss-reactive ketones (excluding diaryl/α,β-unsaturated/α-hetero) is 1. The van der Waals surface area contributed by atoms with Gasteiger partial charge >= 0.3 is 5.97 Å². The van der Waals surface area contributed by atoms with Gasteiger partial charge in [-0.05, 0) is 86.0 Å². The van der Waals surface area contributed by atoms with Crippen molar-refractivity contribution >= 4 is 17.4 Å². The van der Waals surface area contributed by atoms with Crippen molar-refractivity contribution in [2.45, 2.75) is 71.1 Å². The Bertz CT molecular complexity index is 1190. The number of aromatic nitrogens is 1. The van der Waals surface area contributed by atoms with Gasteiger partial charge in [-0.2, -0.15) is 0 Å². The molecule has 2 aliphatic carbocycles. The fourth-order valence-electron chi connectivity index (χ4n) is 6.83. The Morgan fingerprint density at radius 2 is 1.85 bits per heavy atom. The van der Waals surface area contributed by atoms with Crippen LogP contribution in [0.5, 0.6) is 11.6 Å². The number of ketones is 1. The maximum Gasteiger partial charge on any atom is 0.306 e. The van der Waals surface area contributed by atoms with Crippen LogP contribution in [0, 0.1) is 29.6 Å². The molecule has 1 aliphatic heterocycles. The molecule has 5 rings (SSSR count). The lowest BCUT2D eigenvalue weighted by Crippen LogP contribution is -2.37. The lowest BCUT2D eigenvalue weighted by molar-refractivity contribution is -0.142. The first-order valence-electron chi connectivity index (χ1n) is 15.1. The van der Waals surface area contributed by atoms with Crippen molar-refractivity contribution in [1.29, 1.82) is 0 Å². The number of carboxylic acid groups (broad SMARTS) is 1. The van der Waals surface area contributed by atoms with E-state index < -0.39 is 11.9 Å². The SMILES string of the molecule is COc1ccc(C(=O)C2CCCC(C)C2)c(N2CCC(COc3cc([C@H](C4CC4)[C@H](C)C(=O)O)ccn3)CC2)c1. The van der Waals surface area contributed by atoms with Crippen LogP contribution in [-0.4, -0.2) is 48.6 Å². The average Bonchev–Trinajstić information content (AvgIpc) is 3.81. The summed E-state index contributed by atoms with van der Waals surface area (Å²) in [5.41, 5.74) is 2.84. The minimum atomic E-state index is -0.753. The molecule has 4 atom stereocenters. The summed E-state index contributed by atoms with van der Waals surface area (Å²) in [7, 11) is 1.67. The molecule has 2 heterocycles. The van der Waals surface area contributed by atoms with Crippen LogP contribution in [0.3, 0.4) is 0 Å². The number of hydrogen-bond acceptors (Lipinski definition) is 6. The number of ether oxygens (including phenoxy) is 2. The van der Waals surface area contributed by atoms with Crippen molar-refractivity contribution in [3.05, 3.63) is 47.7 Å². The van der Waals surface area contributed by atoms with Gasteiger partial charge in [-0.15, -0.1) is 0 Å². The van der Waals surface area contributed by atoms with E-state index in [9.17, 15) is 14.7 Å². The number of nitrogens with zero attached hydrogens (tertiary/aromatic N) is 2. The smallest absolute Gasteiger partial charge is 0.306 e. The molecule has 2 unspecified atom stereocenters. The van der Waals surface area contributed by atoms with E-state index in [2.05, 4.69) is 16.8 Å². The van der Waals surface area contributed by atoms with Crippen LogP contribution in [0.25, 0.3) is 0 Å². The predicted octanol–water partition coefficient (Wildman–Crippen LogP) is 6.61. The molecule has 2 aromatic rings. The van der Waals surface area contributed by atoms with Gasteiger partial charge in [0.05, 0.1) is 25.3 Å². The summed E-state index contributed by atoms with van der Waals surface area (Å²) in [5, 5.41) is 9.61. The highest BCUT2D eigenvalue weighted by Crippen LogP contribution is 2.47. The Hall–Kier alpha value is -3.09. The van der Waals surface area contributed by atoms with E-state index in [-0.39, 0.29) is 17.6 Å². The van der Waals surface area contributed by atoms with Crippen LogP contribution in [-0.2, 0) is 4.79 Å². The summed E-state index contributed by atoms with van der Waals surface area (Å²) < 4.78 is 11.7. The highest BCUT2D eigenvalue weighted by Gasteiger charge is 2.39. The van der Waals surface area contributed by atoms with Crippen molar-refractivity contribution in [3.8, 4) is 11.6 Å². The number of anilines is 1. The van der Waals surface area contributed by atoms with Crippen molar-refractivity contribution in [1.82, 2.24) is 4.98 Å². The van der Waals surface area contributed by atoms with Gasteiger partial charge in [0.1, 0.15) is 5.75 Å². The topological polar surface area (TPSA) is 89.0 Å². The number of carboxylic acids is 1. The maximum atomic E-state index is 13.6. The number of methoxy groups -OCH3 is 1. The van der Waals surface area contributed by atoms with Crippen LogP contribution in [0.4, 0.5) is 5.69 Å². The normalized spacial score (nSPS) is 23.3. The van der Waals surface area contributed by atoms with E-state index in [0.717, 1.165) is 80.6 Å². The van der Waals surface area contributed by atoms with Crippen molar-refractivity contribution < 1.29 is 24.2 Å². The van der Waals surface area contributed by atoms with Gasteiger partial charge in [0.25, 0.3) is 0 Å². The van der Waals surface area contributed by atoms with E-state index in [4.69, 9.17) is 9.47 Å². The zero-order valence-corrected chi connectivity index (χ0v) is 24.2. The van der Waals surface area contributed by atoms with Gasteiger partial charge in [0.2, 0.25) is 5.88 Å². The van der Waals surface area contributed by atoms with E-state index >= 15 is 0 Å². The van der Waals surface area contributed by atoms with Crippen LogP contribution in [0.1, 0.15) is 87.1 Å². The monoisotopic (exact) mass is 548 g/mol. The van der Waals surface area contributed by atoms with E-state index in [1.165, 1.54) is 6.42 Å². The van der Waals surface area contributed by atoms with Crippen LogP contribution in [0.15, 0.2) is 36.5 Å². The number of carbonyl (C=O) groups is 2. The number of carbonyl (C=O) groups excluding carboxylic acids is 1. The van der Waals surface area contributed by atoms with Crippen molar-refractivity contribution in [2.24, 2.45) is 29.6 Å². The molecule has 1 aromatic heterocycles.